The van der Waals surface area contributed by atoms with E-state index in [4.69, 9.17) is 21.5 Å². The molecule has 1 aromatic heterocycles. The molecule has 4 aromatic carbocycles. The molecule has 1 aliphatic rings. The largest absolute Gasteiger partial charge is 0.457 e. The quantitative estimate of drug-likeness (QED) is 0.172. The number of hydrogen-bond acceptors (Lipinski definition) is 6. The van der Waals surface area contributed by atoms with Crippen molar-refractivity contribution in [2.45, 2.75) is 0 Å². The number of fused-ring (bicyclic) bond motifs is 1. The second-order valence-electron chi connectivity index (χ2n) is 8.52. The molecule has 1 saturated heterocycles. The highest BCUT2D eigenvalue weighted by atomic mass is 32.1. The van der Waals surface area contributed by atoms with Crippen molar-refractivity contribution in [3.05, 3.63) is 114 Å². The number of carbonyl (C=O) groups is 2. The van der Waals surface area contributed by atoms with E-state index in [0.29, 0.717) is 34.0 Å². The van der Waals surface area contributed by atoms with E-state index in [0.717, 1.165) is 10.9 Å². The van der Waals surface area contributed by atoms with Gasteiger partial charge < -0.3 is 9.26 Å². The van der Waals surface area contributed by atoms with Crippen molar-refractivity contribution in [2.75, 3.05) is 4.90 Å². The molecule has 0 unspecified atom stereocenters. The van der Waals surface area contributed by atoms with Gasteiger partial charge in [-0.25, -0.2) is 0 Å². The van der Waals surface area contributed by atoms with E-state index in [9.17, 15) is 9.59 Å². The molecule has 0 bridgehead atoms. The van der Waals surface area contributed by atoms with E-state index >= 15 is 0 Å². The van der Waals surface area contributed by atoms with Gasteiger partial charge in [-0.3, -0.25) is 19.8 Å². The van der Waals surface area contributed by atoms with E-state index in [1.54, 1.807) is 42.5 Å². The number of nitrogens with zero attached hydrogens (tertiary/aromatic N) is 2. The second-order valence-corrected chi connectivity index (χ2v) is 8.91. The number of ether oxygens (including phenoxy) is 1. The number of aromatic nitrogens is 1. The van der Waals surface area contributed by atoms with E-state index < -0.39 is 11.8 Å². The zero-order valence-corrected chi connectivity index (χ0v) is 20.6. The van der Waals surface area contributed by atoms with Gasteiger partial charge in [0.2, 0.25) is 0 Å². The smallest absolute Gasteiger partial charge is 0.270 e. The van der Waals surface area contributed by atoms with Gasteiger partial charge in [-0.05, 0) is 72.4 Å². The third-order valence-corrected chi connectivity index (χ3v) is 6.31. The fourth-order valence-electron chi connectivity index (χ4n) is 4.19. The lowest BCUT2D eigenvalue weighted by Crippen LogP contribution is -2.54. The van der Waals surface area contributed by atoms with Gasteiger partial charge in [0, 0.05) is 5.56 Å². The lowest BCUT2D eigenvalue weighted by atomic mass is 10.0. The van der Waals surface area contributed by atoms with Crippen LogP contribution in [0.15, 0.2) is 113 Å². The van der Waals surface area contributed by atoms with Crippen LogP contribution in [0.25, 0.3) is 28.3 Å². The lowest BCUT2D eigenvalue weighted by Gasteiger charge is -2.29. The van der Waals surface area contributed by atoms with Crippen molar-refractivity contribution < 1.29 is 18.8 Å². The van der Waals surface area contributed by atoms with Crippen LogP contribution in [0, 0.1) is 0 Å². The number of benzene rings is 4. The van der Waals surface area contributed by atoms with Gasteiger partial charge in [-0.1, -0.05) is 59.8 Å². The number of thiocarbonyl (C=S) groups is 1. The first-order chi connectivity index (χ1) is 18.6. The summed E-state index contributed by atoms with van der Waals surface area (Å²) in [6, 6.07) is 31.3. The third kappa shape index (κ3) is 4.44. The van der Waals surface area contributed by atoms with Crippen molar-refractivity contribution in [1.29, 1.82) is 0 Å². The van der Waals surface area contributed by atoms with Crippen molar-refractivity contribution in [3.63, 3.8) is 0 Å². The summed E-state index contributed by atoms with van der Waals surface area (Å²) in [5.74, 6) is 0.827. The normalized spacial score (nSPS) is 14.7. The first kappa shape index (κ1) is 23.3. The van der Waals surface area contributed by atoms with Gasteiger partial charge in [0.15, 0.2) is 10.9 Å². The molecule has 2 heterocycles. The Morgan fingerprint density at radius 1 is 0.842 bits per heavy atom. The van der Waals surface area contributed by atoms with E-state index in [-0.39, 0.29) is 10.7 Å². The zero-order chi connectivity index (χ0) is 26.1. The molecule has 6 rings (SSSR count). The molecule has 1 N–H and O–H groups in total. The molecule has 8 heteroatoms. The van der Waals surface area contributed by atoms with Gasteiger partial charge >= 0.3 is 0 Å². The number of rotatable bonds is 5. The van der Waals surface area contributed by atoms with E-state index in [1.807, 2.05) is 66.7 Å². The highest BCUT2D eigenvalue weighted by Gasteiger charge is 2.34. The van der Waals surface area contributed by atoms with Crippen molar-refractivity contribution in [2.24, 2.45) is 0 Å². The number of nitrogens with one attached hydrogen (secondary N) is 1. The maximum absolute atomic E-state index is 13.5. The molecule has 7 nitrogen and oxygen atoms in total. The van der Waals surface area contributed by atoms with Gasteiger partial charge in [0.25, 0.3) is 11.8 Å². The molecule has 2 amide bonds. The van der Waals surface area contributed by atoms with E-state index in [1.165, 1.54) is 4.90 Å². The van der Waals surface area contributed by atoms with Crippen LogP contribution in [0.5, 0.6) is 11.5 Å². The van der Waals surface area contributed by atoms with Crippen molar-refractivity contribution >= 4 is 51.8 Å². The number of amides is 2. The minimum atomic E-state index is -0.561. The number of carbonyl (C=O) groups excluding carboxylic acids is 2. The molecule has 0 saturated carbocycles. The zero-order valence-electron chi connectivity index (χ0n) is 19.8. The lowest BCUT2D eigenvalue weighted by molar-refractivity contribution is -0.122. The topological polar surface area (TPSA) is 84.7 Å². The molecule has 38 heavy (non-hydrogen) atoms. The minimum absolute atomic E-state index is 0.00901. The van der Waals surface area contributed by atoms with Crippen molar-refractivity contribution in [3.8, 4) is 22.8 Å². The Morgan fingerprint density at radius 3 is 2.26 bits per heavy atom. The molecule has 0 spiro atoms. The Labute approximate surface area is 222 Å². The Morgan fingerprint density at radius 2 is 1.53 bits per heavy atom. The molecule has 0 radical (unpaired) electrons. The van der Waals surface area contributed by atoms with Crippen molar-refractivity contribution in [1.82, 2.24) is 10.5 Å². The van der Waals surface area contributed by atoms with Crippen LogP contribution in [-0.4, -0.2) is 22.1 Å². The van der Waals surface area contributed by atoms with Crippen LogP contribution < -0.4 is 15.0 Å². The molecular formula is C30H19N3O4S. The summed E-state index contributed by atoms with van der Waals surface area (Å²) >= 11 is 5.34. The van der Waals surface area contributed by atoms with Gasteiger partial charge in [0.1, 0.15) is 22.6 Å². The summed E-state index contributed by atoms with van der Waals surface area (Å²) in [7, 11) is 0. The Balaban J connectivity index is 1.30. The van der Waals surface area contributed by atoms with Crippen LogP contribution >= 0.6 is 12.2 Å². The molecule has 5 aromatic rings. The van der Waals surface area contributed by atoms with Crippen LogP contribution in [0.4, 0.5) is 5.69 Å². The summed E-state index contributed by atoms with van der Waals surface area (Å²) in [6.45, 7) is 0. The van der Waals surface area contributed by atoms with Gasteiger partial charge in [-0.2, -0.15) is 0 Å². The molecule has 1 fully saturated rings. The number of para-hydroxylation sites is 1. The second kappa shape index (κ2) is 9.76. The average Bonchev–Trinajstić information content (AvgIpc) is 3.36. The van der Waals surface area contributed by atoms with Crippen LogP contribution in [0.1, 0.15) is 5.56 Å². The Bertz CT molecular complexity index is 1710. The standard InChI is InChI=1S/C30H19N3O4S/c34-28-25(18-19-11-16-26-24(17-19)27(37-32-26)20-7-3-1-4-8-20)29(35)33(30(38)31-28)21-12-14-23(15-13-21)36-22-9-5-2-6-10-22/h1-18H,(H,31,34,38). The maximum atomic E-state index is 13.5. The SMILES string of the molecule is O=C1NC(=S)N(c2ccc(Oc3ccccc3)cc2)C(=O)C1=Cc1ccc2noc(-c3ccccc3)c2c1. The summed E-state index contributed by atoms with van der Waals surface area (Å²) in [4.78, 5) is 27.6. The minimum Gasteiger partial charge on any atom is -0.457 e. The van der Waals surface area contributed by atoms with Gasteiger partial charge in [-0.15, -0.1) is 0 Å². The Kier molecular flexibility index (Phi) is 5.99. The molecular weight excluding hydrogens is 498 g/mol. The maximum Gasteiger partial charge on any atom is 0.270 e. The first-order valence-corrected chi connectivity index (χ1v) is 12.2. The molecule has 184 valence electrons. The highest BCUT2D eigenvalue weighted by Crippen LogP contribution is 2.31. The fraction of sp³-hybridized carbons (Fsp3) is 0. The summed E-state index contributed by atoms with van der Waals surface area (Å²) in [5.41, 5.74) is 2.66. The number of hydrogen-bond donors (Lipinski definition) is 1. The van der Waals surface area contributed by atoms with Crippen LogP contribution in [-0.2, 0) is 9.59 Å². The van der Waals surface area contributed by atoms with E-state index in [2.05, 4.69) is 10.5 Å². The summed E-state index contributed by atoms with van der Waals surface area (Å²) in [6.07, 6.45) is 1.54. The molecule has 0 aliphatic carbocycles. The Hall–Kier alpha value is -5.08. The predicted molar refractivity (Wildman–Crippen MR) is 149 cm³/mol. The number of anilines is 1. The van der Waals surface area contributed by atoms with Crippen LogP contribution in [0.2, 0.25) is 0 Å². The third-order valence-electron chi connectivity index (χ3n) is 6.02. The average molecular weight is 518 g/mol. The summed E-state index contributed by atoms with van der Waals surface area (Å²) < 4.78 is 11.4. The van der Waals surface area contributed by atoms with Crippen LogP contribution in [0.3, 0.4) is 0 Å². The molecule has 1 aliphatic heterocycles. The fourth-order valence-corrected chi connectivity index (χ4v) is 4.47. The highest BCUT2D eigenvalue weighted by molar-refractivity contribution is 7.80. The molecule has 0 atom stereocenters. The van der Waals surface area contributed by atoms with Gasteiger partial charge in [0.05, 0.1) is 11.1 Å². The summed E-state index contributed by atoms with van der Waals surface area (Å²) in [5, 5.41) is 7.53. The monoisotopic (exact) mass is 517 g/mol. The first-order valence-electron chi connectivity index (χ1n) is 11.8. The predicted octanol–water partition coefficient (Wildman–Crippen LogP) is 6.12.